The van der Waals surface area contributed by atoms with Crippen LogP contribution in [0.4, 0.5) is 5.69 Å². The van der Waals surface area contributed by atoms with E-state index in [2.05, 4.69) is 30.5 Å². The Morgan fingerprint density at radius 3 is 2.94 bits per heavy atom. The SMILES string of the molecule is Cc1cc(C)c(NCC2COCCN2)c(Cl)c1. The summed E-state index contributed by atoms with van der Waals surface area (Å²) in [6.07, 6.45) is 0. The van der Waals surface area contributed by atoms with Gasteiger partial charge in [-0.1, -0.05) is 17.7 Å². The minimum atomic E-state index is 0.362. The van der Waals surface area contributed by atoms with Gasteiger partial charge in [0.2, 0.25) is 0 Å². The number of ether oxygens (including phenoxy) is 1. The van der Waals surface area contributed by atoms with Gasteiger partial charge in [-0.3, -0.25) is 0 Å². The number of rotatable bonds is 3. The van der Waals surface area contributed by atoms with Crippen molar-refractivity contribution in [2.24, 2.45) is 0 Å². The monoisotopic (exact) mass is 254 g/mol. The Morgan fingerprint density at radius 2 is 2.29 bits per heavy atom. The number of nitrogens with one attached hydrogen (secondary N) is 2. The fraction of sp³-hybridized carbons (Fsp3) is 0.538. The molecule has 4 heteroatoms. The lowest BCUT2D eigenvalue weighted by Gasteiger charge is -2.25. The maximum absolute atomic E-state index is 6.24. The molecule has 1 fully saturated rings. The van der Waals surface area contributed by atoms with Gasteiger partial charge >= 0.3 is 0 Å². The molecule has 0 aliphatic carbocycles. The van der Waals surface area contributed by atoms with Gasteiger partial charge in [-0.2, -0.15) is 0 Å². The van der Waals surface area contributed by atoms with Crippen LogP contribution in [0, 0.1) is 13.8 Å². The molecule has 0 amide bonds. The van der Waals surface area contributed by atoms with Crippen molar-refractivity contribution in [3.63, 3.8) is 0 Å². The molecule has 0 spiro atoms. The summed E-state index contributed by atoms with van der Waals surface area (Å²) in [4.78, 5) is 0. The Hall–Kier alpha value is -0.770. The van der Waals surface area contributed by atoms with E-state index in [9.17, 15) is 0 Å². The van der Waals surface area contributed by atoms with Crippen molar-refractivity contribution < 1.29 is 4.74 Å². The lowest BCUT2D eigenvalue weighted by atomic mass is 10.1. The molecule has 1 saturated heterocycles. The maximum Gasteiger partial charge on any atom is 0.0642 e. The zero-order chi connectivity index (χ0) is 12.3. The summed E-state index contributed by atoms with van der Waals surface area (Å²) in [7, 11) is 0. The summed E-state index contributed by atoms with van der Waals surface area (Å²) in [6, 6.07) is 4.49. The molecule has 3 nitrogen and oxygen atoms in total. The van der Waals surface area contributed by atoms with E-state index >= 15 is 0 Å². The molecule has 2 N–H and O–H groups in total. The molecule has 0 aromatic heterocycles. The van der Waals surface area contributed by atoms with Crippen molar-refractivity contribution in [1.29, 1.82) is 0 Å². The smallest absolute Gasteiger partial charge is 0.0642 e. The van der Waals surface area contributed by atoms with Crippen LogP contribution in [0.25, 0.3) is 0 Å². The van der Waals surface area contributed by atoms with E-state index in [0.717, 1.165) is 37.0 Å². The summed E-state index contributed by atoms with van der Waals surface area (Å²) in [5.41, 5.74) is 3.41. The predicted octanol–water partition coefficient (Wildman–Crippen LogP) is 2.36. The van der Waals surface area contributed by atoms with E-state index in [1.54, 1.807) is 0 Å². The Bertz CT molecular complexity index is 366. The van der Waals surface area contributed by atoms with E-state index in [1.165, 1.54) is 11.1 Å². The first-order valence-electron chi connectivity index (χ1n) is 5.98. The van der Waals surface area contributed by atoms with Crippen LogP contribution in [0.1, 0.15) is 11.1 Å². The normalized spacial score (nSPS) is 20.3. The van der Waals surface area contributed by atoms with Crippen molar-refractivity contribution in [3.8, 4) is 0 Å². The zero-order valence-corrected chi connectivity index (χ0v) is 11.1. The molecule has 94 valence electrons. The first-order chi connectivity index (χ1) is 8.16. The largest absolute Gasteiger partial charge is 0.382 e. The van der Waals surface area contributed by atoms with Crippen molar-refractivity contribution in [2.45, 2.75) is 19.9 Å². The van der Waals surface area contributed by atoms with Crippen LogP contribution >= 0.6 is 11.6 Å². The highest BCUT2D eigenvalue weighted by atomic mass is 35.5. The maximum atomic E-state index is 6.24. The van der Waals surface area contributed by atoms with Crippen molar-refractivity contribution in [2.75, 3.05) is 31.6 Å². The molecule has 2 rings (SSSR count). The van der Waals surface area contributed by atoms with Gasteiger partial charge in [0, 0.05) is 19.1 Å². The molecule has 1 aromatic carbocycles. The van der Waals surface area contributed by atoms with E-state index in [-0.39, 0.29) is 0 Å². The lowest BCUT2D eigenvalue weighted by Crippen LogP contribution is -2.45. The Morgan fingerprint density at radius 1 is 1.47 bits per heavy atom. The summed E-state index contributed by atoms with van der Waals surface area (Å²) >= 11 is 6.24. The highest BCUT2D eigenvalue weighted by molar-refractivity contribution is 6.33. The molecular weight excluding hydrogens is 236 g/mol. The standard InChI is InChI=1S/C13H19ClN2O/c1-9-5-10(2)13(12(14)6-9)16-7-11-8-17-4-3-15-11/h5-6,11,15-16H,3-4,7-8H2,1-2H3. The third kappa shape index (κ3) is 3.35. The second-order valence-corrected chi connectivity index (χ2v) is 4.95. The van der Waals surface area contributed by atoms with Crippen LogP contribution in [0.2, 0.25) is 5.02 Å². The average molecular weight is 255 g/mol. The molecule has 0 bridgehead atoms. The third-order valence-electron chi connectivity index (χ3n) is 2.96. The topological polar surface area (TPSA) is 33.3 Å². The number of halogens is 1. The van der Waals surface area contributed by atoms with Crippen LogP contribution in [-0.4, -0.2) is 32.3 Å². The van der Waals surface area contributed by atoms with E-state index in [0.29, 0.717) is 6.04 Å². The second kappa shape index (κ2) is 5.71. The number of benzene rings is 1. The fourth-order valence-electron chi connectivity index (χ4n) is 2.12. The number of aryl methyl sites for hydroxylation is 2. The van der Waals surface area contributed by atoms with Gasteiger partial charge in [-0.15, -0.1) is 0 Å². The summed E-state index contributed by atoms with van der Waals surface area (Å²) < 4.78 is 5.41. The number of morpholine rings is 1. The molecule has 1 aliphatic rings. The van der Waals surface area contributed by atoms with Crippen molar-refractivity contribution >= 4 is 17.3 Å². The van der Waals surface area contributed by atoms with Crippen LogP contribution in [0.5, 0.6) is 0 Å². The van der Waals surface area contributed by atoms with Gasteiger partial charge in [-0.25, -0.2) is 0 Å². The Labute approximate surface area is 107 Å². The van der Waals surface area contributed by atoms with E-state index in [1.807, 2.05) is 6.07 Å². The van der Waals surface area contributed by atoms with Gasteiger partial charge < -0.3 is 15.4 Å². The van der Waals surface area contributed by atoms with E-state index < -0.39 is 0 Å². The quantitative estimate of drug-likeness (QED) is 0.869. The summed E-state index contributed by atoms with van der Waals surface area (Å²) in [5, 5.41) is 7.60. The van der Waals surface area contributed by atoms with Gasteiger partial charge in [0.1, 0.15) is 0 Å². The molecule has 1 unspecified atom stereocenters. The van der Waals surface area contributed by atoms with Gasteiger partial charge in [0.15, 0.2) is 0 Å². The minimum absolute atomic E-state index is 0.362. The first kappa shape index (κ1) is 12.7. The molecule has 1 aliphatic heterocycles. The molecular formula is C13H19ClN2O. The molecule has 1 heterocycles. The van der Waals surface area contributed by atoms with Crippen LogP contribution in [0.15, 0.2) is 12.1 Å². The Kier molecular flexibility index (Phi) is 4.26. The lowest BCUT2D eigenvalue weighted by molar-refractivity contribution is 0.0806. The average Bonchev–Trinajstić information content (AvgIpc) is 2.29. The minimum Gasteiger partial charge on any atom is -0.382 e. The van der Waals surface area contributed by atoms with Crippen LogP contribution in [0.3, 0.4) is 0 Å². The van der Waals surface area contributed by atoms with Crippen LogP contribution < -0.4 is 10.6 Å². The van der Waals surface area contributed by atoms with Gasteiger partial charge in [0.05, 0.1) is 23.9 Å². The molecule has 17 heavy (non-hydrogen) atoms. The molecule has 0 radical (unpaired) electrons. The molecule has 1 atom stereocenters. The van der Waals surface area contributed by atoms with Gasteiger partial charge in [0.25, 0.3) is 0 Å². The molecule has 1 aromatic rings. The highest BCUT2D eigenvalue weighted by Crippen LogP contribution is 2.27. The highest BCUT2D eigenvalue weighted by Gasteiger charge is 2.13. The first-order valence-corrected chi connectivity index (χ1v) is 6.36. The molecule has 0 saturated carbocycles. The Balaban J connectivity index is 1.98. The summed E-state index contributed by atoms with van der Waals surface area (Å²) in [6.45, 7) is 7.46. The van der Waals surface area contributed by atoms with Gasteiger partial charge in [-0.05, 0) is 31.0 Å². The summed E-state index contributed by atoms with van der Waals surface area (Å²) in [5.74, 6) is 0. The number of anilines is 1. The number of hydrogen-bond acceptors (Lipinski definition) is 3. The fourth-order valence-corrected chi connectivity index (χ4v) is 2.50. The van der Waals surface area contributed by atoms with Crippen molar-refractivity contribution in [3.05, 3.63) is 28.3 Å². The number of hydrogen-bond donors (Lipinski definition) is 2. The third-order valence-corrected chi connectivity index (χ3v) is 3.25. The zero-order valence-electron chi connectivity index (χ0n) is 10.3. The second-order valence-electron chi connectivity index (χ2n) is 4.55. The van der Waals surface area contributed by atoms with E-state index in [4.69, 9.17) is 16.3 Å². The van der Waals surface area contributed by atoms with Crippen LogP contribution in [-0.2, 0) is 4.74 Å². The predicted molar refractivity (Wildman–Crippen MR) is 72.0 cm³/mol. The van der Waals surface area contributed by atoms with Crippen molar-refractivity contribution in [1.82, 2.24) is 5.32 Å².